The summed E-state index contributed by atoms with van der Waals surface area (Å²) >= 11 is 6.11. The van der Waals surface area contributed by atoms with Crippen molar-refractivity contribution < 1.29 is 14.3 Å². The van der Waals surface area contributed by atoms with Gasteiger partial charge < -0.3 is 9.64 Å². The lowest BCUT2D eigenvalue weighted by atomic mass is 9.81. The lowest BCUT2D eigenvalue weighted by Crippen LogP contribution is -2.38. The first-order chi connectivity index (χ1) is 14.3. The Hall–Kier alpha value is -2.85. The molecule has 2 aromatic carbocycles. The number of allylic oxidation sites excluding steroid dienone is 1. The summed E-state index contributed by atoms with van der Waals surface area (Å²) < 4.78 is 5.40. The van der Waals surface area contributed by atoms with E-state index in [0.29, 0.717) is 22.8 Å². The molecule has 0 spiro atoms. The smallest absolute Gasteiger partial charge is 0.336 e. The highest BCUT2D eigenvalue weighted by Gasteiger charge is 2.37. The summed E-state index contributed by atoms with van der Waals surface area (Å²) in [6, 6.07) is 13.5. The minimum atomic E-state index is -0.415. The lowest BCUT2D eigenvalue weighted by Gasteiger charge is -2.35. The highest BCUT2D eigenvalue weighted by atomic mass is 35.5. The third kappa shape index (κ3) is 4.65. The van der Waals surface area contributed by atoms with Gasteiger partial charge >= 0.3 is 5.97 Å². The molecule has 2 aromatic rings. The summed E-state index contributed by atoms with van der Waals surface area (Å²) in [7, 11) is 0. The van der Waals surface area contributed by atoms with Crippen molar-refractivity contribution in [1.29, 1.82) is 0 Å². The standard InChI is InChI=1S/C25H26ClNO3/c1-5-11-30-25(29)24-18(4)27(15-19-7-6-8-20(26)13-19)23(28)14-22(24)21-12-16(2)9-10-17(21)3/h5-10,12-13,22H,1,11,14-15H2,2-4H3/t22-/m0/s1. The number of esters is 1. The molecule has 0 saturated heterocycles. The van der Waals surface area contributed by atoms with Gasteiger partial charge in [0.1, 0.15) is 6.61 Å². The molecule has 0 aliphatic carbocycles. The first kappa shape index (κ1) is 21.8. The van der Waals surface area contributed by atoms with E-state index in [9.17, 15) is 9.59 Å². The number of carbonyl (C=O) groups excluding carboxylic acids is 2. The molecule has 1 aliphatic rings. The first-order valence-corrected chi connectivity index (χ1v) is 10.3. The summed E-state index contributed by atoms with van der Waals surface area (Å²) in [4.78, 5) is 27.8. The average molecular weight is 424 g/mol. The molecule has 0 unspecified atom stereocenters. The van der Waals surface area contributed by atoms with Gasteiger partial charge in [0, 0.05) is 23.1 Å². The third-order valence-electron chi connectivity index (χ3n) is 5.41. The van der Waals surface area contributed by atoms with Gasteiger partial charge in [-0.15, -0.1) is 0 Å². The van der Waals surface area contributed by atoms with Crippen LogP contribution >= 0.6 is 11.6 Å². The normalized spacial score (nSPS) is 16.6. The van der Waals surface area contributed by atoms with Gasteiger partial charge in [0.25, 0.3) is 0 Å². The number of carbonyl (C=O) groups is 2. The SMILES string of the molecule is C=CCOC(=O)C1=C(C)N(Cc2cccc(Cl)c2)C(=O)C[C@H]1c1cc(C)ccc1C. The van der Waals surface area contributed by atoms with E-state index in [1.54, 1.807) is 17.0 Å². The molecule has 156 valence electrons. The van der Waals surface area contributed by atoms with Gasteiger partial charge in [0.15, 0.2) is 0 Å². The molecule has 0 fully saturated rings. The van der Waals surface area contributed by atoms with Crippen LogP contribution in [0.2, 0.25) is 5.02 Å². The fourth-order valence-corrected chi connectivity index (χ4v) is 4.11. The minimum Gasteiger partial charge on any atom is -0.458 e. The summed E-state index contributed by atoms with van der Waals surface area (Å²) in [5.41, 5.74) is 5.15. The van der Waals surface area contributed by atoms with Gasteiger partial charge in [-0.25, -0.2) is 4.79 Å². The van der Waals surface area contributed by atoms with Crippen LogP contribution in [0.1, 0.15) is 41.5 Å². The number of hydrogen-bond donors (Lipinski definition) is 0. The van der Waals surface area contributed by atoms with Crippen LogP contribution in [-0.2, 0) is 20.9 Å². The molecule has 0 aromatic heterocycles. The summed E-state index contributed by atoms with van der Waals surface area (Å²) in [5, 5.41) is 0.609. The van der Waals surface area contributed by atoms with Gasteiger partial charge in [0.05, 0.1) is 12.1 Å². The van der Waals surface area contributed by atoms with Gasteiger partial charge in [-0.05, 0) is 49.6 Å². The molecule has 4 nitrogen and oxygen atoms in total. The van der Waals surface area contributed by atoms with Crippen LogP contribution in [0, 0.1) is 13.8 Å². The second-order valence-corrected chi connectivity index (χ2v) is 8.05. The van der Waals surface area contributed by atoms with Crippen molar-refractivity contribution in [3.8, 4) is 0 Å². The van der Waals surface area contributed by atoms with E-state index in [-0.39, 0.29) is 24.9 Å². The quantitative estimate of drug-likeness (QED) is 0.456. The van der Waals surface area contributed by atoms with Gasteiger partial charge in [0.2, 0.25) is 5.91 Å². The Morgan fingerprint density at radius 1 is 1.23 bits per heavy atom. The van der Waals surface area contributed by atoms with Crippen LogP contribution in [0.25, 0.3) is 0 Å². The maximum Gasteiger partial charge on any atom is 0.336 e. The number of aryl methyl sites for hydroxylation is 2. The Kier molecular flexibility index (Phi) is 6.78. The lowest BCUT2D eigenvalue weighted by molar-refractivity contribution is -0.139. The fourth-order valence-electron chi connectivity index (χ4n) is 3.90. The number of benzene rings is 2. The molecule has 0 saturated carbocycles. The van der Waals surface area contributed by atoms with E-state index >= 15 is 0 Å². The Bertz CT molecular complexity index is 1020. The molecular weight excluding hydrogens is 398 g/mol. The number of amides is 1. The molecule has 30 heavy (non-hydrogen) atoms. The monoisotopic (exact) mass is 423 g/mol. The maximum absolute atomic E-state index is 13.1. The van der Waals surface area contributed by atoms with Crippen molar-refractivity contribution >= 4 is 23.5 Å². The van der Waals surface area contributed by atoms with Crippen LogP contribution < -0.4 is 0 Å². The van der Waals surface area contributed by atoms with Crippen LogP contribution in [0.3, 0.4) is 0 Å². The zero-order valence-electron chi connectivity index (χ0n) is 17.6. The topological polar surface area (TPSA) is 46.6 Å². The summed E-state index contributed by atoms with van der Waals surface area (Å²) in [5.74, 6) is -0.786. The Labute approximate surface area is 182 Å². The van der Waals surface area contributed by atoms with E-state index < -0.39 is 5.97 Å². The van der Waals surface area contributed by atoms with Gasteiger partial charge in [-0.3, -0.25) is 4.79 Å². The van der Waals surface area contributed by atoms with Crippen LogP contribution in [0.15, 0.2) is 66.4 Å². The van der Waals surface area contributed by atoms with Crippen LogP contribution in [0.5, 0.6) is 0 Å². The molecule has 0 bridgehead atoms. The molecule has 1 heterocycles. The number of halogens is 1. The number of rotatable bonds is 6. The van der Waals surface area contributed by atoms with Crippen molar-refractivity contribution in [2.24, 2.45) is 0 Å². The first-order valence-electron chi connectivity index (χ1n) is 9.92. The molecule has 1 aliphatic heterocycles. The van der Waals surface area contributed by atoms with Gasteiger partial charge in [-0.1, -0.05) is 60.2 Å². The highest BCUT2D eigenvalue weighted by Crippen LogP contribution is 2.39. The Morgan fingerprint density at radius 2 is 2.00 bits per heavy atom. The van der Waals surface area contributed by atoms with Crippen molar-refractivity contribution in [3.05, 3.63) is 93.7 Å². The largest absolute Gasteiger partial charge is 0.458 e. The van der Waals surface area contributed by atoms with Crippen molar-refractivity contribution in [2.75, 3.05) is 6.61 Å². The molecule has 5 heteroatoms. The van der Waals surface area contributed by atoms with E-state index in [1.807, 2.05) is 57.2 Å². The predicted octanol–water partition coefficient (Wildman–Crippen LogP) is 5.48. The van der Waals surface area contributed by atoms with Crippen molar-refractivity contribution in [1.82, 2.24) is 4.90 Å². The number of nitrogens with zero attached hydrogens (tertiary/aromatic N) is 1. The Balaban J connectivity index is 2.07. The third-order valence-corrected chi connectivity index (χ3v) is 5.65. The molecule has 0 N–H and O–H groups in total. The minimum absolute atomic E-state index is 0.0290. The summed E-state index contributed by atoms with van der Waals surface area (Å²) in [6.07, 6.45) is 1.75. The van der Waals surface area contributed by atoms with E-state index in [1.165, 1.54) is 0 Å². The van der Waals surface area contributed by atoms with Crippen molar-refractivity contribution in [3.63, 3.8) is 0 Å². The molecule has 1 amide bonds. The fraction of sp³-hybridized carbons (Fsp3) is 0.280. The molecular formula is C25H26ClNO3. The average Bonchev–Trinajstić information content (AvgIpc) is 2.70. The second-order valence-electron chi connectivity index (χ2n) is 7.61. The highest BCUT2D eigenvalue weighted by molar-refractivity contribution is 6.30. The van der Waals surface area contributed by atoms with E-state index in [0.717, 1.165) is 22.3 Å². The summed E-state index contributed by atoms with van der Waals surface area (Å²) in [6.45, 7) is 9.91. The second kappa shape index (κ2) is 9.31. The van der Waals surface area contributed by atoms with Crippen LogP contribution in [0.4, 0.5) is 0 Å². The van der Waals surface area contributed by atoms with E-state index in [2.05, 4.69) is 6.58 Å². The number of hydrogen-bond acceptors (Lipinski definition) is 3. The Morgan fingerprint density at radius 3 is 2.70 bits per heavy atom. The molecule has 1 atom stereocenters. The number of ether oxygens (including phenoxy) is 1. The zero-order chi connectivity index (χ0) is 21.8. The van der Waals surface area contributed by atoms with E-state index in [4.69, 9.17) is 16.3 Å². The maximum atomic E-state index is 13.1. The molecule has 0 radical (unpaired) electrons. The molecule has 3 rings (SSSR count). The van der Waals surface area contributed by atoms with Crippen molar-refractivity contribution in [2.45, 2.75) is 39.7 Å². The van der Waals surface area contributed by atoms with Crippen LogP contribution in [-0.4, -0.2) is 23.4 Å². The zero-order valence-corrected chi connectivity index (χ0v) is 18.3. The predicted molar refractivity (Wildman–Crippen MR) is 119 cm³/mol. The van der Waals surface area contributed by atoms with Gasteiger partial charge in [-0.2, -0.15) is 0 Å².